The normalized spacial score (nSPS) is 23.3. The second kappa shape index (κ2) is 11.2. The number of aromatic amines is 1. The fourth-order valence-electron chi connectivity index (χ4n) is 4.33. The smallest absolute Gasteiger partial charge is 0.372 e. The SMILES string of the molecule is C=C(/C=C\C=C/C)[C@]1(CO[C@H](C)c2cc(C(F)(F)F)cc(C(F)(F)F)c2)CC[C@](C#N)(n2cn[nH]c2=O)CN1. The molecule has 1 saturated heterocycles. The number of piperidine rings is 1. The first-order valence-corrected chi connectivity index (χ1v) is 11.9. The highest BCUT2D eigenvalue weighted by Crippen LogP contribution is 2.39. The van der Waals surface area contributed by atoms with E-state index in [0.29, 0.717) is 17.7 Å². The first-order chi connectivity index (χ1) is 18.2. The van der Waals surface area contributed by atoms with E-state index in [1.54, 1.807) is 31.2 Å². The van der Waals surface area contributed by atoms with Gasteiger partial charge in [0.2, 0.25) is 0 Å². The van der Waals surface area contributed by atoms with Crippen molar-refractivity contribution in [2.45, 2.75) is 56.2 Å². The van der Waals surface area contributed by atoms with Crippen LogP contribution in [0.15, 0.2) is 65.8 Å². The van der Waals surface area contributed by atoms with Gasteiger partial charge >= 0.3 is 18.0 Å². The van der Waals surface area contributed by atoms with Gasteiger partial charge in [0.1, 0.15) is 11.9 Å². The number of rotatable bonds is 8. The van der Waals surface area contributed by atoms with Gasteiger partial charge in [-0.1, -0.05) is 30.9 Å². The Balaban J connectivity index is 1.91. The average molecular weight is 556 g/mol. The summed E-state index contributed by atoms with van der Waals surface area (Å²) in [4.78, 5) is 12.2. The number of hydrogen-bond acceptors (Lipinski definition) is 5. The summed E-state index contributed by atoms with van der Waals surface area (Å²) in [7, 11) is 0. The Kier molecular flexibility index (Phi) is 8.62. The maximum atomic E-state index is 13.3. The van der Waals surface area contributed by atoms with Gasteiger partial charge in [-0.15, -0.1) is 0 Å². The van der Waals surface area contributed by atoms with Gasteiger partial charge in [0.15, 0.2) is 0 Å². The van der Waals surface area contributed by atoms with Crippen LogP contribution in [0.5, 0.6) is 0 Å². The minimum atomic E-state index is -4.99. The number of H-pyrrole nitrogens is 1. The van der Waals surface area contributed by atoms with Gasteiger partial charge < -0.3 is 10.1 Å². The third-order valence-electron chi connectivity index (χ3n) is 6.78. The predicted octanol–water partition coefficient (Wildman–Crippen LogP) is 5.42. The molecule has 0 saturated carbocycles. The first-order valence-electron chi connectivity index (χ1n) is 11.9. The molecule has 2 aromatic rings. The number of allylic oxidation sites excluding steroid dienone is 3. The number of aromatic nitrogens is 3. The molecular weight excluding hydrogens is 528 g/mol. The number of benzene rings is 1. The van der Waals surface area contributed by atoms with Crippen LogP contribution in [-0.2, 0) is 22.6 Å². The van der Waals surface area contributed by atoms with Crippen LogP contribution in [0.1, 0.15) is 49.5 Å². The second-order valence-electron chi connectivity index (χ2n) is 9.31. The minimum Gasteiger partial charge on any atom is -0.372 e. The Labute approximate surface area is 220 Å². The molecule has 0 radical (unpaired) electrons. The van der Waals surface area contributed by atoms with Gasteiger partial charge in [-0.05, 0) is 56.0 Å². The van der Waals surface area contributed by atoms with E-state index in [1.165, 1.54) is 17.8 Å². The molecule has 1 fully saturated rings. The van der Waals surface area contributed by atoms with Gasteiger partial charge in [0.25, 0.3) is 0 Å². The number of alkyl halides is 6. The zero-order chi connectivity index (χ0) is 29.1. The molecule has 1 aromatic heterocycles. The van der Waals surface area contributed by atoms with Crippen LogP contribution in [0.3, 0.4) is 0 Å². The molecule has 13 heteroatoms. The molecule has 0 unspecified atom stereocenters. The molecule has 0 spiro atoms. The molecule has 39 heavy (non-hydrogen) atoms. The van der Waals surface area contributed by atoms with Crippen LogP contribution in [-0.4, -0.2) is 33.5 Å². The van der Waals surface area contributed by atoms with E-state index in [4.69, 9.17) is 4.74 Å². The zero-order valence-electron chi connectivity index (χ0n) is 21.2. The fraction of sp³-hybridized carbons (Fsp3) is 0.423. The Morgan fingerprint density at radius 1 is 1.21 bits per heavy atom. The lowest BCUT2D eigenvalue weighted by Crippen LogP contribution is -2.62. The maximum Gasteiger partial charge on any atom is 0.416 e. The molecule has 210 valence electrons. The monoisotopic (exact) mass is 555 g/mol. The van der Waals surface area contributed by atoms with Crippen molar-refractivity contribution in [3.8, 4) is 6.07 Å². The highest BCUT2D eigenvalue weighted by molar-refractivity contribution is 5.36. The molecule has 3 rings (SSSR count). The fourth-order valence-corrected chi connectivity index (χ4v) is 4.33. The predicted molar refractivity (Wildman–Crippen MR) is 130 cm³/mol. The zero-order valence-corrected chi connectivity index (χ0v) is 21.2. The summed E-state index contributed by atoms with van der Waals surface area (Å²) in [5.74, 6) is 0. The Morgan fingerprint density at radius 2 is 1.85 bits per heavy atom. The lowest BCUT2D eigenvalue weighted by molar-refractivity contribution is -0.143. The highest BCUT2D eigenvalue weighted by Gasteiger charge is 2.46. The van der Waals surface area contributed by atoms with E-state index in [2.05, 4.69) is 28.2 Å². The summed E-state index contributed by atoms with van der Waals surface area (Å²) in [6.07, 6.45) is -2.62. The van der Waals surface area contributed by atoms with Crippen molar-refractivity contribution in [2.75, 3.05) is 13.2 Å². The van der Waals surface area contributed by atoms with E-state index in [0.717, 1.165) is 0 Å². The average Bonchev–Trinajstić information content (AvgIpc) is 3.32. The Hall–Kier alpha value is -3.63. The summed E-state index contributed by atoms with van der Waals surface area (Å²) in [5.41, 5.74) is -5.54. The van der Waals surface area contributed by atoms with Gasteiger partial charge in [-0.3, -0.25) is 4.57 Å². The molecule has 1 aliphatic rings. The molecule has 0 aliphatic carbocycles. The van der Waals surface area contributed by atoms with Crippen LogP contribution >= 0.6 is 0 Å². The highest BCUT2D eigenvalue weighted by atomic mass is 19.4. The van der Waals surface area contributed by atoms with Crippen molar-refractivity contribution in [1.82, 2.24) is 20.1 Å². The van der Waals surface area contributed by atoms with Crippen molar-refractivity contribution < 1.29 is 31.1 Å². The molecule has 1 aromatic carbocycles. The van der Waals surface area contributed by atoms with Crippen LogP contribution in [0, 0.1) is 11.3 Å². The third kappa shape index (κ3) is 6.51. The maximum absolute atomic E-state index is 13.3. The number of ether oxygens (including phenoxy) is 1. The van der Waals surface area contributed by atoms with Crippen molar-refractivity contribution >= 4 is 0 Å². The lowest BCUT2D eigenvalue weighted by atomic mass is 9.76. The number of nitriles is 1. The first kappa shape index (κ1) is 29.9. The standard InChI is InChI=1S/C26H27F6N5O2/c1-4-5-6-7-17(2)24(9-8-23(13-33,14-34-24)37-16-35-36-22(37)38)15-39-18(3)19-10-20(25(27,28)29)12-21(11-19)26(30,31)32/h4-7,10-12,16,18,34H,2,8-9,14-15H2,1,3H3,(H,36,38)/b5-4-,7-6-/t18-,23-,24-/m1/s1. The van der Waals surface area contributed by atoms with Gasteiger partial charge in [0, 0.05) is 6.54 Å². The van der Waals surface area contributed by atoms with Gasteiger partial charge in [-0.2, -0.15) is 36.7 Å². The number of halogens is 6. The van der Waals surface area contributed by atoms with Crippen molar-refractivity contribution in [1.29, 1.82) is 5.26 Å². The van der Waals surface area contributed by atoms with E-state index < -0.39 is 46.4 Å². The van der Waals surface area contributed by atoms with Crippen LogP contribution in [0.25, 0.3) is 0 Å². The van der Waals surface area contributed by atoms with Crippen molar-refractivity contribution in [2.24, 2.45) is 0 Å². The summed E-state index contributed by atoms with van der Waals surface area (Å²) in [5, 5.41) is 19.1. The topological polar surface area (TPSA) is 95.7 Å². The van der Waals surface area contributed by atoms with Crippen molar-refractivity contribution in [3.05, 3.63) is 88.2 Å². The molecule has 1 aliphatic heterocycles. The Bertz CT molecular complexity index is 1310. The molecule has 3 atom stereocenters. The van der Waals surface area contributed by atoms with Crippen molar-refractivity contribution in [3.63, 3.8) is 0 Å². The molecule has 2 heterocycles. The third-order valence-corrected chi connectivity index (χ3v) is 6.78. The largest absolute Gasteiger partial charge is 0.416 e. The lowest BCUT2D eigenvalue weighted by Gasteiger charge is -2.45. The summed E-state index contributed by atoms with van der Waals surface area (Å²) in [6.45, 7) is 7.03. The summed E-state index contributed by atoms with van der Waals surface area (Å²) >= 11 is 0. The minimum absolute atomic E-state index is 0.0288. The van der Waals surface area contributed by atoms with Crippen LogP contribution in [0.2, 0.25) is 0 Å². The van der Waals surface area contributed by atoms with Gasteiger partial charge in [0.05, 0.1) is 35.4 Å². The summed E-state index contributed by atoms with van der Waals surface area (Å²) < 4.78 is 87.1. The molecule has 0 amide bonds. The second-order valence-corrected chi connectivity index (χ2v) is 9.31. The van der Waals surface area contributed by atoms with E-state index in [-0.39, 0.29) is 37.6 Å². The Morgan fingerprint density at radius 3 is 2.31 bits per heavy atom. The summed E-state index contributed by atoms with van der Waals surface area (Å²) in [6, 6.07) is 3.48. The van der Waals surface area contributed by atoms with E-state index >= 15 is 0 Å². The molecule has 2 N–H and O–H groups in total. The van der Waals surface area contributed by atoms with Crippen LogP contribution in [0.4, 0.5) is 26.3 Å². The number of hydrogen-bond donors (Lipinski definition) is 2. The van der Waals surface area contributed by atoms with E-state index in [1.807, 2.05) is 0 Å². The molecule has 7 nitrogen and oxygen atoms in total. The number of nitrogens with one attached hydrogen (secondary N) is 2. The van der Waals surface area contributed by atoms with Crippen LogP contribution < -0.4 is 11.0 Å². The quantitative estimate of drug-likeness (QED) is 0.335. The molecule has 0 bridgehead atoms. The van der Waals surface area contributed by atoms with Gasteiger partial charge in [-0.25, -0.2) is 9.89 Å². The van der Waals surface area contributed by atoms with E-state index in [9.17, 15) is 36.4 Å². The molecular formula is C26H27F6N5O2. The number of nitrogens with zero attached hydrogens (tertiary/aromatic N) is 3.